The third kappa shape index (κ3) is 2.98. The van der Waals surface area contributed by atoms with E-state index in [4.69, 9.17) is 4.74 Å². The quantitative estimate of drug-likeness (QED) is 0.452. The molecule has 0 radical (unpaired) electrons. The summed E-state index contributed by atoms with van der Waals surface area (Å²) in [7, 11) is 0. The molecule has 0 heterocycles. The molecule has 5 nitrogen and oxygen atoms in total. The van der Waals surface area contributed by atoms with Gasteiger partial charge in [0.2, 0.25) is 0 Å². The molecule has 0 saturated heterocycles. The maximum atomic E-state index is 14.3. The summed E-state index contributed by atoms with van der Waals surface area (Å²) in [6.07, 6.45) is 8.97. The van der Waals surface area contributed by atoms with Gasteiger partial charge in [0.05, 0.1) is 0 Å². The van der Waals surface area contributed by atoms with Crippen LogP contribution >= 0.6 is 0 Å². The van der Waals surface area contributed by atoms with Gasteiger partial charge in [0.1, 0.15) is 11.5 Å². The fraction of sp³-hybridized carbons (Fsp3) is 0.839. The van der Waals surface area contributed by atoms with Crippen molar-refractivity contribution in [2.24, 2.45) is 56.7 Å². The average Bonchev–Trinajstić information content (AvgIpc) is 2.80. The number of carbonyl (C=O) groups excluding carboxylic acids is 2. The monoisotopic (exact) mass is 498 g/mol. The number of rotatable bonds is 3. The SMILES string of the molecule is C[C@@H]1CC[C@]2(C)CC[C@]3(C)C(=CC(=O)C4[C@@]5(C)CC[C@@H](OC=O)[C@](C)(C(=O)O)C5CC[C@]43C)C2[C@H]1C. The second-order valence-corrected chi connectivity index (χ2v) is 14.6. The summed E-state index contributed by atoms with van der Waals surface area (Å²) in [5.41, 5.74) is -0.256. The van der Waals surface area contributed by atoms with Gasteiger partial charge in [-0.25, -0.2) is 0 Å². The molecule has 0 amide bonds. The Balaban J connectivity index is 1.63. The van der Waals surface area contributed by atoms with Crippen molar-refractivity contribution in [2.45, 2.75) is 106 Å². The standard InChI is InChI=1S/C31H46O5/c1-18-8-11-27(3)14-15-29(5)20(24(27)19(18)2)16-21(33)25-28(4)12-10-23(36-17-32)31(7,26(34)35)22(28)9-13-30(25,29)6/h16-19,22-25H,8-15H2,1-7H3,(H,34,35)/t18-,19+,22?,23-,24?,25?,27-,28+,29-,30-,31-/m1/s1. The Morgan fingerprint density at radius 1 is 1.00 bits per heavy atom. The summed E-state index contributed by atoms with van der Waals surface area (Å²) in [4.78, 5) is 38.3. The van der Waals surface area contributed by atoms with E-state index in [9.17, 15) is 19.5 Å². The first-order valence-corrected chi connectivity index (χ1v) is 14.3. The van der Waals surface area contributed by atoms with Crippen LogP contribution in [0.4, 0.5) is 0 Å². The lowest BCUT2D eigenvalue weighted by atomic mass is 9.33. The Labute approximate surface area is 216 Å². The molecule has 0 aromatic rings. The molecule has 0 spiro atoms. The number of hydrogen-bond acceptors (Lipinski definition) is 4. The number of hydrogen-bond donors (Lipinski definition) is 1. The topological polar surface area (TPSA) is 80.7 Å². The average molecular weight is 499 g/mol. The number of fused-ring (bicyclic) bond motifs is 7. The predicted molar refractivity (Wildman–Crippen MR) is 138 cm³/mol. The van der Waals surface area contributed by atoms with Crippen LogP contribution < -0.4 is 0 Å². The van der Waals surface area contributed by atoms with Gasteiger partial charge < -0.3 is 9.84 Å². The Morgan fingerprint density at radius 3 is 2.33 bits per heavy atom. The molecule has 0 aromatic heterocycles. The molecule has 36 heavy (non-hydrogen) atoms. The maximum absolute atomic E-state index is 14.3. The van der Waals surface area contributed by atoms with Crippen LogP contribution in [-0.2, 0) is 19.1 Å². The largest absolute Gasteiger partial charge is 0.481 e. The summed E-state index contributed by atoms with van der Waals surface area (Å²) in [6, 6.07) is 0. The first-order valence-electron chi connectivity index (χ1n) is 14.3. The smallest absolute Gasteiger partial charge is 0.313 e. The van der Waals surface area contributed by atoms with E-state index in [2.05, 4.69) is 47.6 Å². The number of aliphatic carboxylic acids is 1. The highest BCUT2D eigenvalue weighted by atomic mass is 16.5. The van der Waals surface area contributed by atoms with E-state index >= 15 is 0 Å². The first kappa shape index (κ1) is 26.0. The molecule has 3 unspecified atom stereocenters. The molecule has 0 aliphatic heterocycles. The highest BCUT2D eigenvalue weighted by Crippen LogP contribution is 2.75. The van der Waals surface area contributed by atoms with Crippen LogP contribution in [0.3, 0.4) is 0 Å². The van der Waals surface area contributed by atoms with E-state index < -0.39 is 22.9 Å². The molecule has 200 valence electrons. The van der Waals surface area contributed by atoms with Crippen LogP contribution in [0.15, 0.2) is 11.6 Å². The fourth-order valence-electron chi connectivity index (χ4n) is 10.9. The van der Waals surface area contributed by atoms with E-state index in [1.54, 1.807) is 6.92 Å². The molecule has 4 fully saturated rings. The molecule has 5 rings (SSSR count). The van der Waals surface area contributed by atoms with Crippen LogP contribution in [0.5, 0.6) is 0 Å². The van der Waals surface area contributed by atoms with Crippen LogP contribution in [0, 0.1) is 56.7 Å². The number of carboxylic acid groups (broad SMARTS) is 1. The lowest BCUT2D eigenvalue weighted by Gasteiger charge is -2.70. The minimum Gasteiger partial charge on any atom is -0.481 e. The summed E-state index contributed by atoms with van der Waals surface area (Å²) in [6.45, 7) is 16.4. The fourth-order valence-corrected chi connectivity index (χ4v) is 10.9. The van der Waals surface area contributed by atoms with Crippen molar-refractivity contribution in [1.29, 1.82) is 0 Å². The van der Waals surface area contributed by atoms with Gasteiger partial charge in [-0.05, 0) is 110 Å². The zero-order valence-electron chi connectivity index (χ0n) is 23.4. The van der Waals surface area contributed by atoms with E-state index in [1.807, 2.05) is 0 Å². The molecule has 5 aliphatic carbocycles. The van der Waals surface area contributed by atoms with Crippen molar-refractivity contribution < 1.29 is 24.2 Å². The molecule has 1 N–H and O–H groups in total. The number of allylic oxidation sites excluding steroid dienone is 2. The molecule has 0 aromatic carbocycles. The van der Waals surface area contributed by atoms with Crippen molar-refractivity contribution in [3.8, 4) is 0 Å². The summed E-state index contributed by atoms with van der Waals surface area (Å²) in [5.74, 6) is 0.518. The zero-order chi connectivity index (χ0) is 26.5. The summed E-state index contributed by atoms with van der Waals surface area (Å²) >= 11 is 0. The van der Waals surface area contributed by atoms with Gasteiger partial charge in [-0.3, -0.25) is 14.4 Å². The second-order valence-electron chi connectivity index (χ2n) is 14.6. The zero-order valence-corrected chi connectivity index (χ0v) is 23.4. The minimum absolute atomic E-state index is 0.0647. The highest BCUT2D eigenvalue weighted by molar-refractivity contribution is 5.96. The number of ether oxygens (including phenoxy) is 1. The van der Waals surface area contributed by atoms with Crippen molar-refractivity contribution in [2.75, 3.05) is 0 Å². The van der Waals surface area contributed by atoms with E-state index in [0.717, 1.165) is 19.3 Å². The lowest BCUT2D eigenvalue weighted by Crippen LogP contribution is -2.68. The van der Waals surface area contributed by atoms with Gasteiger partial charge in [-0.1, -0.05) is 47.1 Å². The number of carboxylic acids is 1. The van der Waals surface area contributed by atoms with Crippen molar-refractivity contribution in [3.63, 3.8) is 0 Å². The van der Waals surface area contributed by atoms with E-state index in [0.29, 0.717) is 37.1 Å². The van der Waals surface area contributed by atoms with E-state index in [-0.39, 0.29) is 33.9 Å². The third-order valence-electron chi connectivity index (χ3n) is 13.4. The van der Waals surface area contributed by atoms with Gasteiger partial charge in [0, 0.05) is 5.92 Å². The molecular formula is C31H46O5. The molecule has 11 atom stereocenters. The summed E-state index contributed by atoms with van der Waals surface area (Å²) < 4.78 is 5.38. The van der Waals surface area contributed by atoms with Crippen LogP contribution in [0.2, 0.25) is 0 Å². The molecule has 5 aliphatic rings. The Bertz CT molecular complexity index is 1020. The van der Waals surface area contributed by atoms with E-state index in [1.165, 1.54) is 24.8 Å². The van der Waals surface area contributed by atoms with Crippen LogP contribution in [-0.4, -0.2) is 29.4 Å². The normalized spacial score (nSPS) is 54.2. The second kappa shape index (κ2) is 7.93. The van der Waals surface area contributed by atoms with Crippen LogP contribution in [0.1, 0.15) is 99.8 Å². The molecule has 4 saturated carbocycles. The highest BCUT2D eigenvalue weighted by Gasteiger charge is 2.72. The minimum atomic E-state index is -1.20. The predicted octanol–water partition coefficient (Wildman–Crippen LogP) is 6.45. The Morgan fingerprint density at radius 2 is 1.69 bits per heavy atom. The molecule has 0 bridgehead atoms. The number of ketones is 1. The van der Waals surface area contributed by atoms with Crippen LogP contribution in [0.25, 0.3) is 0 Å². The third-order valence-corrected chi connectivity index (χ3v) is 13.4. The number of carbonyl (C=O) groups is 3. The van der Waals surface area contributed by atoms with Gasteiger partial charge >= 0.3 is 5.97 Å². The van der Waals surface area contributed by atoms with Crippen molar-refractivity contribution in [1.82, 2.24) is 0 Å². The first-order chi connectivity index (χ1) is 16.7. The Hall–Kier alpha value is -1.65. The van der Waals surface area contributed by atoms with Gasteiger partial charge in [0.25, 0.3) is 6.47 Å². The maximum Gasteiger partial charge on any atom is 0.313 e. The summed E-state index contributed by atoms with van der Waals surface area (Å²) in [5, 5.41) is 10.4. The van der Waals surface area contributed by atoms with Crippen molar-refractivity contribution in [3.05, 3.63) is 11.6 Å². The lowest BCUT2D eigenvalue weighted by molar-refractivity contribution is -0.218. The Kier molecular flexibility index (Phi) is 5.72. The van der Waals surface area contributed by atoms with Gasteiger partial charge in [0.15, 0.2) is 5.78 Å². The van der Waals surface area contributed by atoms with Gasteiger partial charge in [-0.15, -0.1) is 0 Å². The van der Waals surface area contributed by atoms with Crippen molar-refractivity contribution >= 4 is 18.2 Å². The van der Waals surface area contributed by atoms with Gasteiger partial charge in [-0.2, -0.15) is 0 Å². The molecule has 5 heteroatoms. The molecular weight excluding hydrogens is 452 g/mol.